The number of benzene rings is 1. The fraction of sp³-hybridized carbons (Fsp3) is 0.625. The quantitative estimate of drug-likeness (QED) is 0.779. The fourth-order valence-electron chi connectivity index (χ4n) is 3.89. The van der Waals surface area contributed by atoms with Crippen LogP contribution in [-0.2, 0) is 0 Å². The summed E-state index contributed by atoms with van der Waals surface area (Å²) < 4.78 is 0. The van der Waals surface area contributed by atoms with E-state index in [0.29, 0.717) is 0 Å². The lowest BCUT2D eigenvalue weighted by Crippen LogP contribution is -2.32. The summed E-state index contributed by atoms with van der Waals surface area (Å²) in [4.78, 5) is 0. The van der Waals surface area contributed by atoms with Gasteiger partial charge in [0.2, 0.25) is 0 Å². The average Bonchev–Trinajstić information content (AvgIpc) is 2.39. The summed E-state index contributed by atoms with van der Waals surface area (Å²) in [6.07, 6.45) is 7.31. The summed E-state index contributed by atoms with van der Waals surface area (Å²) in [5.74, 6) is 2.45. The van der Waals surface area contributed by atoms with Crippen LogP contribution < -0.4 is 0 Å². The summed E-state index contributed by atoms with van der Waals surface area (Å²) in [6.45, 7) is 0. The molecule has 0 amide bonds. The van der Waals surface area contributed by atoms with Crippen LogP contribution in [0.25, 0.3) is 0 Å². The zero-order valence-electron chi connectivity index (χ0n) is 10.4. The van der Waals surface area contributed by atoms with Gasteiger partial charge >= 0.3 is 0 Å². The van der Waals surface area contributed by atoms with Crippen LogP contribution in [0.5, 0.6) is 0 Å². The predicted octanol–water partition coefficient (Wildman–Crippen LogP) is 3.73. The van der Waals surface area contributed by atoms with Crippen LogP contribution in [0.1, 0.15) is 50.0 Å². The van der Waals surface area contributed by atoms with Crippen molar-refractivity contribution in [2.24, 2.45) is 11.8 Å². The van der Waals surface area contributed by atoms with Crippen LogP contribution in [0.15, 0.2) is 30.3 Å². The molecule has 4 unspecified atom stereocenters. The summed E-state index contributed by atoms with van der Waals surface area (Å²) in [5.41, 5.74) is 1.53. The molecule has 2 aliphatic rings. The lowest BCUT2D eigenvalue weighted by atomic mass is 9.65. The van der Waals surface area contributed by atoms with E-state index in [0.717, 1.165) is 30.6 Å². The molecular weight excluding hydrogens is 208 g/mol. The number of aliphatic hydroxyl groups excluding tert-OH is 1. The van der Waals surface area contributed by atoms with Crippen molar-refractivity contribution < 1.29 is 5.11 Å². The van der Waals surface area contributed by atoms with Gasteiger partial charge in [-0.1, -0.05) is 30.3 Å². The van der Waals surface area contributed by atoms with E-state index in [1.165, 1.54) is 31.2 Å². The molecule has 2 aliphatic carbocycles. The third kappa shape index (κ3) is 2.40. The minimum absolute atomic E-state index is 0.00970. The highest BCUT2D eigenvalue weighted by Crippen LogP contribution is 2.45. The smallest absolute Gasteiger partial charge is 0.0543 e. The molecule has 0 spiro atoms. The molecule has 0 saturated heterocycles. The molecule has 1 aromatic rings. The third-order valence-corrected chi connectivity index (χ3v) is 4.86. The highest BCUT2D eigenvalue weighted by Gasteiger charge is 2.35. The van der Waals surface area contributed by atoms with Gasteiger partial charge in [-0.3, -0.25) is 0 Å². The van der Waals surface area contributed by atoms with Gasteiger partial charge in [0, 0.05) is 0 Å². The zero-order chi connectivity index (χ0) is 11.7. The number of rotatable bonds is 1. The van der Waals surface area contributed by atoms with Crippen LogP contribution in [0.3, 0.4) is 0 Å². The van der Waals surface area contributed by atoms with E-state index >= 15 is 0 Å². The van der Waals surface area contributed by atoms with Crippen LogP contribution in [0.2, 0.25) is 0 Å². The van der Waals surface area contributed by atoms with Gasteiger partial charge < -0.3 is 5.11 Å². The van der Waals surface area contributed by atoms with Gasteiger partial charge in [0.15, 0.2) is 0 Å². The van der Waals surface area contributed by atoms with Crippen molar-refractivity contribution in [3.63, 3.8) is 0 Å². The molecule has 2 saturated carbocycles. The Morgan fingerprint density at radius 2 is 1.53 bits per heavy atom. The molecule has 0 heterocycles. The second kappa shape index (κ2) is 4.81. The second-order valence-electron chi connectivity index (χ2n) is 5.91. The molecule has 0 aromatic heterocycles. The first kappa shape index (κ1) is 11.3. The van der Waals surface area contributed by atoms with Gasteiger partial charge in [0.1, 0.15) is 0 Å². The molecule has 3 rings (SSSR count). The van der Waals surface area contributed by atoms with Gasteiger partial charge in [-0.2, -0.15) is 0 Å². The minimum atomic E-state index is -0.00970. The Kier molecular flexibility index (Phi) is 3.19. The maximum absolute atomic E-state index is 9.73. The van der Waals surface area contributed by atoms with Crippen molar-refractivity contribution in [2.75, 3.05) is 0 Å². The van der Waals surface area contributed by atoms with Gasteiger partial charge in [-0.05, 0) is 61.8 Å². The van der Waals surface area contributed by atoms with Crippen LogP contribution in [-0.4, -0.2) is 11.2 Å². The molecule has 1 N–H and O–H groups in total. The summed E-state index contributed by atoms with van der Waals surface area (Å²) in [5, 5.41) is 9.73. The Morgan fingerprint density at radius 1 is 0.824 bits per heavy atom. The Hall–Kier alpha value is -0.820. The minimum Gasteiger partial charge on any atom is -0.393 e. The number of hydrogen-bond donors (Lipinski definition) is 1. The number of hydrogen-bond acceptors (Lipinski definition) is 1. The average molecular weight is 230 g/mol. The molecule has 92 valence electrons. The van der Waals surface area contributed by atoms with Crippen LogP contribution in [0, 0.1) is 11.8 Å². The Labute approximate surface area is 104 Å². The van der Waals surface area contributed by atoms with Gasteiger partial charge in [0.05, 0.1) is 6.10 Å². The normalized spacial score (nSPS) is 37.5. The molecule has 0 aliphatic heterocycles. The Bertz CT molecular complexity index is 359. The van der Waals surface area contributed by atoms with E-state index in [2.05, 4.69) is 30.3 Å². The first-order chi connectivity index (χ1) is 8.33. The third-order valence-electron chi connectivity index (χ3n) is 4.86. The zero-order valence-corrected chi connectivity index (χ0v) is 10.4. The van der Waals surface area contributed by atoms with E-state index in [-0.39, 0.29) is 6.10 Å². The lowest BCUT2D eigenvalue weighted by molar-refractivity contribution is 0.0442. The number of fused-ring (bicyclic) bond motifs is 1. The summed E-state index contributed by atoms with van der Waals surface area (Å²) in [6, 6.07) is 11.0. The number of aliphatic hydroxyl groups is 1. The van der Waals surface area contributed by atoms with Crippen molar-refractivity contribution in [1.29, 1.82) is 0 Å². The van der Waals surface area contributed by atoms with Gasteiger partial charge in [0.25, 0.3) is 0 Å². The first-order valence-electron chi connectivity index (χ1n) is 7.06. The van der Waals surface area contributed by atoms with Crippen molar-refractivity contribution in [3.05, 3.63) is 35.9 Å². The summed E-state index contributed by atoms with van der Waals surface area (Å²) in [7, 11) is 0. The maximum atomic E-state index is 9.73. The van der Waals surface area contributed by atoms with Crippen LogP contribution in [0.4, 0.5) is 0 Å². The van der Waals surface area contributed by atoms with E-state index in [1.807, 2.05) is 0 Å². The lowest BCUT2D eigenvalue weighted by Gasteiger charge is -2.41. The second-order valence-corrected chi connectivity index (χ2v) is 5.91. The van der Waals surface area contributed by atoms with Crippen molar-refractivity contribution in [1.82, 2.24) is 0 Å². The van der Waals surface area contributed by atoms with Gasteiger partial charge in [-0.15, -0.1) is 0 Å². The SMILES string of the molecule is OC1CCC2CC(c3ccccc3)CCC2C1. The Morgan fingerprint density at radius 3 is 2.35 bits per heavy atom. The molecular formula is C16H22O. The van der Waals surface area contributed by atoms with Crippen molar-refractivity contribution in [3.8, 4) is 0 Å². The van der Waals surface area contributed by atoms with E-state index < -0.39 is 0 Å². The molecule has 4 atom stereocenters. The predicted molar refractivity (Wildman–Crippen MR) is 69.9 cm³/mol. The highest BCUT2D eigenvalue weighted by atomic mass is 16.3. The topological polar surface area (TPSA) is 20.2 Å². The molecule has 1 nitrogen and oxygen atoms in total. The van der Waals surface area contributed by atoms with Crippen molar-refractivity contribution in [2.45, 2.75) is 50.5 Å². The van der Waals surface area contributed by atoms with E-state index in [4.69, 9.17) is 0 Å². The Balaban J connectivity index is 1.68. The molecule has 17 heavy (non-hydrogen) atoms. The molecule has 2 fully saturated rings. The molecule has 1 aromatic carbocycles. The van der Waals surface area contributed by atoms with E-state index in [9.17, 15) is 5.11 Å². The monoisotopic (exact) mass is 230 g/mol. The van der Waals surface area contributed by atoms with Crippen LogP contribution >= 0.6 is 0 Å². The standard InChI is InChI=1S/C16H22O/c17-16-9-8-14-10-13(6-7-15(14)11-16)12-4-2-1-3-5-12/h1-5,13-17H,6-11H2. The van der Waals surface area contributed by atoms with E-state index in [1.54, 1.807) is 0 Å². The first-order valence-corrected chi connectivity index (χ1v) is 7.06. The largest absolute Gasteiger partial charge is 0.393 e. The highest BCUT2D eigenvalue weighted by molar-refractivity contribution is 5.20. The summed E-state index contributed by atoms with van der Waals surface area (Å²) >= 11 is 0. The fourth-order valence-corrected chi connectivity index (χ4v) is 3.89. The van der Waals surface area contributed by atoms with Crippen molar-refractivity contribution >= 4 is 0 Å². The maximum Gasteiger partial charge on any atom is 0.0543 e. The molecule has 0 radical (unpaired) electrons. The molecule has 1 heteroatoms. The van der Waals surface area contributed by atoms with Gasteiger partial charge in [-0.25, -0.2) is 0 Å². The molecule has 0 bridgehead atoms.